The topological polar surface area (TPSA) is 35.2 Å². The van der Waals surface area contributed by atoms with Crippen LogP contribution in [0.5, 0.6) is 5.75 Å². The fourth-order valence-electron chi connectivity index (χ4n) is 3.82. The molecule has 0 spiro atoms. The van der Waals surface area contributed by atoms with Gasteiger partial charge in [-0.1, -0.05) is 42.0 Å². The van der Waals surface area contributed by atoms with Crippen LogP contribution in [-0.2, 0) is 19.3 Å². The quantitative estimate of drug-likeness (QED) is 0.923. The number of fused-ring (bicyclic) bond motifs is 3. The van der Waals surface area contributed by atoms with E-state index in [2.05, 4.69) is 42.5 Å². The molecule has 2 aliphatic rings. The molecule has 1 aliphatic carbocycles. The van der Waals surface area contributed by atoms with Crippen LogP contribution in [0.4, 0.5) is 0 Å². The fraction of sp³-hybridized carbons (Fsp3) is 0.300. The maximum absolute atomic E-state index is 5.90. The van der Waals surface area contributed by atoms with Crippen molar-refractivity contribution in [3.63, 3.8) is 0 Å². The van der Waals surface area contributed by atoms with Gasteiger partial charge in [0.1, 0.15) is 5.75 Å². The van der Waals surface area contributed by atoms with Crippen molar-refractivity contribution in [3.8, 4) is 5.75 Å². The van der Waals surface area contributed by atoms with Gasteiger partial charge in [0.15, 0.2) is 0 Å². The van der Waals surface area contributed by atoms with Crippen LogP contribution in [0.25, 0.3) is 5.57 Å². The van der Waals surface area contributed by atoms with Crippen molar-refractivity contribution in [1.82, 2.24) is 0 Å². The highest BCUT2D eigenvalue weighted by Crippen LogP contribution is 2.43. The van der Waals surface area contributed by atoms with Crippen LogP contribution in [0.15, 0.2) is 48.0 Å². The van der Waals surface area contributed by atoms with Gasteiger partial charge in [0.2, 0.25) is 0 Å². The van der Waals surface area contributed by atoms with Crippen LogP contribution in [0.1, 0.15) is 28.7 Å². The molecule has 0 atom stereocenters. The van der Waals surface area contributed by atoms with Crippen molar-refractivity contribution < 1.29 is 4.74 Å². The molecule has 2 N–H and O–H groups in total. The van der Waals surface area contributed by atoms with Crippen molar-refractivity contribution in [2.75, 3.05) is 13.2 Å². The van der Waals surface area contributed by atoms with Crippen molar-refractivity contribution in [3.05, 3.63) is 70.3 Å². The van der Waals surface area contributed by atoms with Crippen LogP contribution in [-0.4, -0.2) is 13.2 Å². The molecule has 0 radical (unpaired) electrons. The maximum Gasteiger partial charge on any atom is 0.123 e. The Morgan fingerprint density at radius 3 is 2.65 bits per heavy atom. The molecule has 0 fully saturated rings. The summed E-state index contributed by atoms with van der Waals surface area (Å²) in [6.07, 6.45) is 4.09. The summed E-state index contributed by atoms with van der Waals surface area (Å²) in [6.45, 7) is 1.52. The minimum Gasteiger partial charge on any atom is -0.493 e. The number of rotatable bonds is 4. The first-order valence-electron chi connectivity index (χ1n) is 8.09. The first kappa shape index (κ1) is 16.1. The molecule has 0 unspecified atom stereocenters. The van der Waals surface area contributed by atoms with Crippen molar-refractivity contribution in [2.45, 2.75) is 25.7 Å². The summed E-state index contributed by atoms with van der Waals surface area (Å²) in [4.78, 5) is 0. The first-order valence-corrected chi connectivity index (χ1v) is 8.09. The monoisotopic (exact) mass is 327 g/mol. The summed E-state index contributed by atoms with van der Waals surface area (Å²) < 4.78 is 5.75. The van der Waals surface area contributed by atoms with Gasteiger partial charge in [-0.2, -0.15) is 0 Å². The largest absolute Gasteiger partial charge is 0.493 e. The van der Waals surface area contributed by atoms with E-state index < -0.39 is 0 Å². The summed E-state index contributed by atoms with van der Waals surface area (Å²) in [5, 5.41) is 0. The Kier molecular flexibility index (Phi) is 4.74. The maximum atomic E-state index is 5.90. The van der Waals surface area contributed by atoms with Gasteiger partial charge in [-0.3, -0.25) is 0 Å². The molecule has 0 aromatic heterocycles. The van der Waals surface area contributed by atoms with Gasteiger partial charge in [-0.25, -0.2) is 0 Å². The lowest BCUT2D eigenvalue weighted by Gasteiger charge is -2.11. The molecule has 4 rings (SSSR count). The molecular formula is C20H22ClNO. The van der Waals surface area contributed by atoms with E-state index in [1.807, 2.05) is 0 Å². The lowest BCUT2D eigenvalue weighted by atomic mass is 9.94. The van der Waals surface area contributed by atoms with E-state index in [9.17, 15) is 0 Å². The van der Waals surface area contributed by atoms with Gasteiger partial charge in [0.05, 0.1) is 6.61 Å². The van der Waals surface area contributed by atoms with Crippen LogP contribution in [0, 0.1) is 0 Å². The number of hydrogen-bond donors (Lipinski definition) is 1. The van der Waals surface area contributed by atoms with Crippen LogP contribution in [0.2, 0.25) is 0 Å². The minimum atomic E-state index is 0. The molecule has 0 saturated heterocycles. The summed E-state index contributed by atoms with van der Waals surface area (Å²) >= 11 is 0. The van der Waals surface area contributed by atoms with Crippen molar-refractivity contribution in [2.24, 2.45) is 5.73 Å². The number of halogens is 1. The summed E-state index contributed by atoms with van der Waals surface area (Å²) in [6, 6.07) is 15.1. The Morgan fingerprint density at radius 2 is 1.87 bits per heavy atom. The van der Waals surface area contributed by atoms with E-state index in [0.29, 0.717) is 6.54 Å². The highest BCUT2D eigenvalue weighted by Gasteiger charge is 2.27. The molecule has 2 aromatic carbocycles. The highest BCUT2D eigenvalue weighted by molar-refractivity contribution is 5.85. The normalized spacial score (nSPS) is 15.0. The summed E-state index contributed by atoms with van der Waals surface area (Å²) in [5.74, 6) is 1.08. The van der Waals surface area contributed by atoms with E-state index in [4.69, 9.17) is 10.5 Å². The highest BCUT2D eigenvalue weighted by atomic mass is 35.5. The molecule has 120 valence electrons. The Bertz CT molecular complexity index is 737. The van der Waals surface area contributed by atoms with Crippen molar-refractivity contribution in [1.29, 1.82) is 0 Å². The molecule has 0 bridgehead atoms. The van der Waals surface area contributed by atoms with E-state index in [-0.39, 0.29) is 12.4 Å². The third-order valence-electron chi connectivity index (χ3n) is 4.75. The van der Waals surface area contributed by atoms with Crippen molar-refractivity contribution >= 4 is 18.0 Å². The zero-order chi connectivity index (χ0) is 14.9. The number of ether oxygens (including phenoxy) is 1. The number of nitrogens with two attached hydrogens (primary N) is 1. The van der Waals surface area contributed by atoms with Gasteiger partial charge in [-0.05, 0) is 54.1 Å². The van der Waals surface area contributed by atoms with E-state index in [0.717, 1.165) is 38.0 Å². The average molecular weight is 328 g/mol. The lowest BCUT2D eigenvalue weighted by Crippen LogP contribution is -2.02. The summed E-state index contributed by atoms with van der Waals surface area (Å²) in [5.41, 5.74) is 14.6. The number of allylic oxidation sites excluding steroid dienone is 1. The number of hydrogen-bond acceptors (Lipinski definition) is 2. The van der Waals surface area contributed by atoms with E-state index in [1.54, 1.807) is 0 Å². The zero-order valence-electron chi connectivity index (χ0n) is 13.2. The van der Waals surface area contributed by atoms with Gasteiger partial charge < -0.3 is 10.5 Å². The van der Waals surface area contributed by atoms with Gasteiger partial charge >= 0.3 is 0 Å². The molecule has 3 heteroatoms. The third kappa shape index (κ3) is 2.89. The Morgan fingerprint density at radius 1 is 1.04 bits per heavy atom. The second-order valence-corrected chi connectivity index (χ2v) is 6.13. The Hall–Kier alpha value is -1.77. The van der Waals surface area contributed by atoms with E-state index >= 15 is 0 Å². The predicted octanol–water partition coefficient (Wildman–Crippen LogP) is 3.94. The average Bonchev–Trinajstić information content (AvgIpc) is 3.13. The fourth-order valence-corrected chi connectivity index (χ4v) is 3.82. The Labute approximate surface area is 143 Å². The third-order valence-corrected chi connectivity index (χ3v) is 4.75. The molecule has 23 heavy (non-hydrogen) atoms. The second-order valence-electron chi connectivity index (χ2n) is 6.13. The molecule has 1 heterocycles. The standard InChI is InChI=1S/C20H21NO.ClH/c21-10-8-17-16(12-14-4-2-1-3-5-14)13-15-6-7-19-18(20(15)17)9-11-22-19;/h1-7H,8-13,21H2;1H. The Balaban J connectivity index is 0.00000156. The van der Waals surface area contributed by atoms with Gasteiger partial charge in [-0.15, -0.1) is 12.4 Å². The molecule has 0 amide bonds. The van der Waals surface area contributed by atoms with Crippen LogP contribution >= 0.6 is 12.4 Å². The number of benzene rings is 2. The van der Waals surface area contributed by atoms with Crippen LogP contribution in [0.3, 0.4) is 0 Å². The van der Waals surface area contributed by atoms with Gasteiger partial charge in [0, 0.05) is 12.0 Å². The second kappa shape index (κ2) is 6.77. The predicted molar refractivity (Wildman–Crippen MR) is 97.3 cm³/mol. The zero-order valence-corrected chi connectivity index (χ0v) is 14.0. The summed E-state index contributed by atoms with van der Waals surface area (Å²) in [7, 11) is 0. The molecular weight excluding hydrogens is 306 g/mol. The SMILES string of the molecule is Cl.NCCC1=C(Cc2ccccc2)Cc2ccc3c(c21)CCO3. The van der Waals surface area contributed by atoms with E-state index in [1.165, 1.54) is 33.4 Å². The van der Waals surface area contributed by atoms with Crippen LogP contribution < -0.4 is 10.5 Å². The molecule has 2 aromatic rings. The molecule has 1 aliphatic heterocycles. The lowest BCUT2D eigenvalue weighted by molar-refractivity contribution is 0.357. The minimum absolute atomic E-state index is 0. The van der Waals surface area contributed by atoms with Gasteiger partial charge in [0.25, 0.3) is 0 Å². The molecule has 0 saturated carbocycles. The smallest absolute Gasteiger partial charge is 0.123 e. The molecule has 2 nitrogen and oxygen atoms in total. The first-order chi connectivity index (χ1) is 10.9.